The topological polar surface area (TPSA) is 222 Å². The fourth-order valence-corrected chi connectivity index (χ4v) is 5.95. The Morgan fingerprint density at radius 2 is 1.07 bits per heavy atom. The van der Waals surface area contributed by atoms with Crippen LogP contribution >= 0.6 is 0 Å². The van der Waals surface area contributed by atoms with Crippen LogP contribution in [0.4, 0.5) is 5.69 Å². The third-order valence-electron chi connectivity index (χ3n) is 7.84. The number of hydrogen-bond acceptors (Lipinski definition) is 15. The van der Waals surface area contributed by atoms with Crippen LogP contribution in [0.3, 0.4) is 0 Å². The third-order valence-corrected chi connectivity index (χ3v) is 8.24. The normalized spacial score (nSPS) is 14.0. The predicted molar refractivity (Wildman–Crippen MR) is 217 cm³/mol. The molecule has 0 aliphatic carbocycles. The fraction of sp³-hybridized carbons (Fsp3) is 0.650. The minimum absolute atomic E-state index is 0.0563. The molecule has 0 spiro atoms. The predicted octanol–water partition coefficient (Wildman–Crippen LogP) is 5.33. The maximum atomic E-state index is 13.4. The maximum Gasteiger partial charge on any atom is 0.331 e. The first kappa shape index (κ1) is 48.6. The van der Waals surface area contributed by atoms with Crippen LogP contribution in [-0.4, -0.2) is 96.5 Å². The molecule has 3 rings (SSSR count). The van der Waals surface area contributed by atoms with Crippen molar-refractivity contribution in [2.45, 2.75) is 163 Å². The molecule has 1 unspecified atom stereocenters. The van der Waals surface area contributed by atoms with E-state index in [1.807, 2.05) is 17.0 Å². The SMILES string of the molecule is CC(C)(C)OC(=O)CC[C@@H](C(=O)OC(C)(C)C)n1cc(CN(CCc2ccc(NS(=O)[O-])cc2)Cc2cn([C@@H](CCC(=O)OC(C)(C)C)C(=O)OC(C)(C)C)nn2)nn1. The summed E-state index contributed by atoms with van der Waals surface area (Å²) in [6, 6.07) is 5.02. The van der Waals surface area contributed by atoms with Crippen molar-refractivity contribution in [1.29, 1.82) is 0 Å². The van der Waals surface area contributed by atoms with Crippen molar-refractivity contribution in [1.82, 2.24) is 34.9 Å². The zero-order valence-electron chi connectivity index (χ0n) is 36.4. The molecule has 3 atom stereocenters. The van der Waals surface area contributed by atoms with Crippen LogP contribution in [0.5, 0.6) is 0 Å². The van der Waals surface area contributed by atoms with E-state index in [9.17, 15) is 27.9 Å². The summed E-state index contributed by atoms with van der Waals surface area (Å²) in [5.74, 6) is -2.07. The molecule has 2 aromatic heterocycles. The van der Waals surface area contributed by atoms with Gasteiger partial charge >= 0.3 is 23.9 Å². The van der Waals surface area contributed by atoms with Crippen molar-refractivity contribution >= 4 is 40.8 Å². The number of anilines is 1. The molecule has 18 nitrogen and oxygen atoms in total. The van der Waals surface area contributed by atoms with E-state index in [0.29, 0.717) is 30.0 Å². The minimum atomic E-state index is -2.46. The van der Waals surface area contributed by atoms with Gasteiger partial charge in [-0.15, -0.1) is 10.2 Å². The lowest BCUT2D eigenvalue weighted by atomic mass is 10.1. The highest BCUT2D eigenvalue weighted by molar-refractivity contribution is 7.80. The second kappa shape index (κ2) is 20.5. The van der Waals surface area contributed by atoms with E-state index in [4.69, 9.17) is 18.9 Å². The number of ether oxygens (including phenoxy) is 4. The highest BCUT2D eigenvalue weighted by Gasteiger charge is 2.31. The molecular formula is C40H61N8O10S-. The minimum Gasteiger partial charge on any atom is -0.755 e. The van der Waals surface area contributed by atoms with Crippen LogP contribution < -0.4 is 4.72 Å². The number of hydrogen-bond donors (Lipinski definition) is 1. The van der Waals surface area contributed by atoms with E-state index in [0.717, 1.165) is 5.56 Å². The van der Waals surface area contributed by atoms with Crippen molar-refractivity contribution in [2.75, 3.05) is 11.3 Å². The maximum absolute atomic E-state index is 13.4. The number of esters is 4. The first-order valence-electron chi connectivity index (χ1n) is 19.5. The standard InChI is InChI=1S/C40H62N8O10S/c1-37(2,3)55-33(49)19-17-31(35(51)57-39(7,8)9)47-25-29(41-44-47)23-46(22-21-27-13-15-28(16-14-27)43-59(53)54)24-30-26-48(45-42-30)32(36(52)58-40(10,11)12)18-20-34(50)56-38(4,5)6/h13-16,25-26,31-32,43H,17-24H2,1-12H3,(H,53,54)/p-1/t31-,32-/m0/s1. The van der Waals surface area contributed by atoms with Crippen LogP contribution in [0.1, 0.15) is 138 Å². The van der Waals surface area contributed by atoms with Gasteiger partial charge in [-0.3, -0.25) is 18.7 Å². The Hall–Kier alpha value is -4.75. The summed E-state index contributed by atoms with van der Waals surface area (Å²) in [7, 11) is 0. The Morgan fingerprint density at radius 1 is 0.678 bits per heavy atom. The van der Waals surface area contributed by atoms with E-state index in [1.165, 1.54) is 9.36 Å². The second-order valence-corrected chi connectivity index (χ2v) is 18.9. The average molecular weight is 846 g/mol. The van der Waals surface area contributed by atoms with Gasteiger partial charge in [0.25, 0.3) is 0 Å². The summed E-state index contributed by atoms with van der Waals surface area (Å²) in [6.45, 7) is 22.1. The highest BCUT2D eigenvalue weighted by atomic mass is 32.2. The van der Waals surface area contributed by atoms with Crippen molar-refractivity contribution in [3.63, 3.8) is 0 Å². The van der Waals surface area contributed by atoms with Gasteiger partial charge in [-0.1, -0.05) is 22.6 Å². The average Bonchev–Trinajstić information content (AvgIpc) is 3.71. The number of nitrogens with zero attached hydrogens (tertiary/aromatic N) is 7. The number of carbonyl (C=O) groups excluding carboxylic acids is 4. The smallest absolute Gasteiger partial charge is 0.331 e. The van der Waals surface area contributed by atoms with Crippen LogP contribution in [0, 0.1) is 0 Å². The van der Waals surface area contributed by atoms with Crippen molar-refractivity contribution in [3.8, 4) is 0 Å². The highest BCUT2D eigenvalue weighted by Crippen LogP contribution is 2.24. The Kier molecular flexibility index (Phi) is 16.9. The van der Waals surface area contributed by atoms with Crippen molar-refractivity contribution in [3.05, 3.63) is 53.6 Å². The molecule has 3 aromatic rings. The second-order valence-electron chi connectivity index (χ2n) is 18.2. The molecule has 0 saturated carbocycles. The number of aromatic nitrogens is 6. The van der Waals surface area contributed by atoms with E-state index in [-0.39, 0.29) is 38.8 Å². The monoisotopic (exact) mass is 845 g/mol. The zero-order chi connectivity index (χ0) is 44.3. The summed E-state index contributed by atoms with van der Waals surface area (Å²) in [5.41, 5.74) is -0.626. The number of nitrogens with one attached hydrogen (secondary N) is 1. The van der Waals surface area contributed by atoms with Gasteiger partial charge in [0.15, 0.2) is 12.1 Å². The molecule has 1 N–H and O–H groups in total. The molecule has 2 heterocycles. The van der Waals surface area contributed by atoms with Gasteiger partial charge in [-0.2, -0.15) is 0 Å². The van der Waals surface area contributed by atoms with E-state index in [2.05, 4.69) is 25.3 Å². The lowest BCUT2D eigenvalue weighted by Gasteiger charge is -2.24. The van der Waals surface area contributed by atoms with Gasteiger partial charge in [0, 0.05) is 49.4 Å². The molecular weight excluding hydrogens is 785 g/mol. The molecule has 0 aliphatic heterocycles. The van der Waals surface area contributed by atoms with E-state index >= 15 is 0 Å². The van der Waals surface area contributed by atoms with Gasteiger partial charge in [0.1, 0.15) is 22.4 Å². The third kappa shape index (κ3) is 18.8. The molecule has 19 heteroatoms. The lowest BCUT2D eigenvalue weighted by molar-refractivity contribution is -0.162. The van der Waals surface area contributed by atoms with Crippen LogP contribution in [-0.2, 0) is 68.9 Å². The van der Waals surface area contributed by atoms with E-state index in [1.54, 1.807) is 108 Å². The molecule has 0 aliphatic rings. The summed E-state index contributed by atoms with van der Waals surface area (Å²) < 4.78 is 49.6. The molecule has 328 valence electrons. The first-order valence-corrected chi connectivity index (χ1v) is 20.6. The molecule has 0 bridgehead atoms. The van der Waals surface area contributed by atoms with E-state index < -0.39 is 69.6 Å². The van der Waals surface area contributed by atoms with Gasteiger partial charge < -0.3 is 28.2 Å². The molecule has 0 amide bonds. The molecule has 0 fully saturated rings. The Balaban J connectivity index is 1.91. The largest absolute Gasteiger partial charge is 0.755 e. The van der Waals surface area contributed by atoms with Gasteiger partial charge in [-0.25, -0.2) is 19.0 Å². The van der Waals surface area contributed by atoms with Gasteiger partial charge in [-0.05, 0) is 120 Å². The summed E-state index contributed by atoms with van der Waals surface area (Å²) in [4.78, 5) is 54.1. The molecule has 0 saturated heterocycles. The quantitative estimate of drug-likeness (QED) is 0.0915. The van der Waals surface area contributed by atoms with Crippen LogP contribution in [0.15, 0.2) is 36.7 Å². The zero-order valence-corrected chi connectivity index (χ0v) is 37.2. The first-order chi connectivity index (χ1) is 27.1. The van der Waals surface area contributed by atoms with Gasteiger partial charge in [0.05, 0.1) is 23.8 Å². The lowest BCUT2D eigenvalue weighted by Crippen LogP contribution is -2.31. The summed E-state index contributed by atoms with van der Waals surface area (Å²) >= 11 is -2.46. The van der Waals surface area contributed by atoms with Gasteiger partial charge in [0.2, 0.25) is 0 Å². The number of rotatable bonds is 19. The van der Waals surface area contributed by atoms with Crippen LogP contribution in [0.25, 0.3) is 0 Å². The molecule has 1 aromatic carbocycles. The number of carbonyl (C=O) groups is 4. The molecule has 0 radical (unpaired) electrons. The molecule has 59 heavy (non-hydrogen) atoms. The summed E-state index contributed by atoms with van der Waals surface area (Å²) in [6.07, 6.45) is 3.82. The Labute approximate surface area is 349 Å². The summed E-state index contributed by atoms with van der Waals surface area (Å²) in [5, 5.41) is 17.3. The number of benzene rings is 1. The fourth-order valence-electron chi connectivity index (χ4n) is 5.62. The Morgan fingerprint density at radius 3 is 1.42 bits per heavy atom. The Bertz CT molecular complexity index is 1780. The van der Waals surface area contributed by atoms with Crippen molar-refractivity contribution in [2.24, 2.45) is 0 Å². The van der Waals surface area contributed by atoms with Crippen LogP contribution in [0.2, 0.25) is 0 Å². The van der Waals surface area contributed by atoms with Crippen molar-refractivity contribution < 1.29 is 46.9 Å².